The number of aryl methyl sites for hydroxylation is 1. The first kappa shape index (κ1) is 15.0. The second-order valence-corrected chi connectivity index (χ2v) is 5.47. The largest absolute Gasteiger partial charge is 0.333 e. The van der Waals surface area contributed by atoms with Gasteiger partial charge in [-0.3, -0.25) is 4.79 Å². The number of nitrogens with zero attached hydrogens (tertiary/aromatic N) is 1. The van der Waals surface area contributed by atoms with Gasteiger partial charge in [0.15, 0.2) is 0 Å². The minimum absolute atomic E-state index is 0.144. The second kappa shape index (κ2) is 6.35. The number of nitrogens with one attached hydrogen (secondary N) is 1. The highest BCUT2D eigenvalue weighted by atomic mass is 19.1. The summed E-state index contributed by atoms with van der Waals surface area (Å²) in [6, 6.07) is 5.46. The molecule has 1 saturated heterocycles. The maximum Gasteiger partial charge on any atom is 0.257 e. The normalized spacial score (nSPS) is 22.9. The zero-order chi connectivity index (χ0) is 14.7. The Hall–Kier alpha value is -1.42. The number of carbonyl (C=O) groups is 1. The van der Waals surface area contributed by atoms with Crippen molar-refractivity contribution in [3.8, 4) is 0 Å². The lowest BCUT2D eigenvalue weighted by Crippen LogP contribution is -2.58. The van der Waals surface area contributed by atoms with Crippen LogP contribution in [0.4, 0.5) is 4.39 Å². The number of piperazine rings is 1. The van der Waals surface area contributed by atoms with Crippen molar-refractivity contribution in [2.24, 2.45) is 0 Å². The van der Waals surface area contributed by atoms with Gasteiger partial charge in [0.25, 0.3) is 5.91 Å². The molecule has 0 aliphatic carbocycles. The SMILES string of the molecule is CCC1CN(C(=O)c2cccc(C)c2F)C(CC)CN1. The van der Waals surface area contributed by atoms with Crippen LogP contribution in [0.25, 0.3) is 0 Å². The van der Waals surface area contributed by atoms with E-state index in [1.54, 1.807) is 25.1 Å². The Morgan fingerprint density at radius 2 is 2.15 bits per heavy atom. The molecule has 20 heavy (non-hydrogen) atoms. The summed E-state index contributed by atoms with van der Waals surface area (Å²) >= 11 is 0. The molecule has 1 aromatic carbocycles. The van der Waals surface area contributed by atoms with Gasteiger partial charge in [-0.05, 0) is 31.4 Å². The van der Waals surface area contributed by atoms with Crippen molar-refractivity contribution < 1.29 is 9.18 Å². The van der Waals surface area contributed by atoms with E-state index < -0.39 is 0 Å². The fourth-order valence-corrected chi connectivity index (χ4v) is 2.72. The number of amides is 1. The van der Waals surface area contributed by atoms with Crippen molar-refractivity contribution in [3.05, 3.63) is 35.1 Å². The zero-order valence-corrected chi connectivity index (χ0v) is 12.4. The molecule has 2 rings (SSSR count). The van der Waals surface area contributed by atoms with Crippen LogP contribution in [0.3, 0.4) is 0 Å². The fraction of sp³-hybridized carbons (Fsp3) is 0.562. The molecule has 1 heterocycles. The maximum atomic E-state index is 14.2. The molecule has 1 N–H and O–H groups in total. The van der Waals surface area contributed by atoms with E-state index in [9.17, 15) is 9.18 Å². The highest BCUT2D eigenvalue weighted by molar-refractivity contribution is 5.95. The summed E-state index contributed by atoms with van der Waals surface area (Å²) in [5.41, 5.74) is 0.714. The summed E-state index contributed by atoms with van der Waals surface area (Å²) in [6.45, 7) is 7.29. The number of carbonyl (C=O) groups excluding carboxylic acids is 1. The van der Waals surface area contributed by atoms with Crippen LogP contribution in [0.1, 0.15) is 42.6 Å². The molecule has 2 unspecified atom stereocenters. The van der Waals surface area contributed by atoms with E-state index in [1.807, 2.05) is 4.90 Å². The minimum atomic E-state index is -0.390. The molecule has 2 atom stereocenters. The molecule has 110 valence electrons. The van der Waals surface area contributed by atoms with E-state index in [0.29, 0.717) is 18.2 Å². The third-order valence-electron chi connectivity index (χ3n) is 4.15. The predicted octanol–water partition coefficient (Wildman–Crippen LogP) is 2.74. The smallest absolute Gasteiger partial charge is 0.257 e. The first-order valence-electron chi connectivity index (χ1n) is 7.37. The Kier molecular flexibility index (Phi) is 4.76. The molecular formula is C16H23FN2O. The van der Waals surface area contributed by atoms with Crippen molar-refractivity contribution in [3.63, 3.8) is 0 Å². The first-order chi connectivity index (χ1) is 9.58. The van der Waals surface area contributed by atoms with Crippen LogP contribution in [0, 0.1) is 12.7 Å². The van der Waals surface area contributed by atoms with Crippen LogP contribution < -0.4 is 5.32 Å². The molecule has 1 aliphatic rings. The third-order valence-corrected chi connectivity index (χ3v) is 4.15. The van der Waals surface area contributed by atoms with Crippen molar-refractivity contribution in [1.29, 1.82) is 0 Å². The molecular weight excluding hydrogens is 255 g/mol. The Labute approximate surface area is 120 Å². The number of hydrogen-bond acceptors (Lipinski definition) is 2. The average molecular weight is 278 g/mol. The van der Waals surface area contributed by atoms with Crippen LogP contribution in [0.5, 0.6) is 0 Å². The van der Waals surface area contributed by atoms with Gasteiger partial charge in [0.2, 0.25) is 0 Å². The molecule has 0 saturated carbocycles. The number of halogens is 1. The highest BCUT2D eigenvalue weighted by Crippen LogP contribution is 2.19. The quantitative estimate of drug-likeness (QED) is 0.922. The molecule has 1 aromatic rings. The average Bonchev–Trinajstić information content (AvgIpc) is 2.48. The minimum Gasteiger partial charge on any atom is -0.333 e. The van der Waals surface area contributed by atoms with Gasteiger partial charge in [0, 0.05) is 25.2 Å². The fourth-order valence-electron chi connectivity index (χ4n) is 2.72. The molecule has 0 radical (unpaired) electrons. The van der Waals surface area contributed by atoms with Crippen molar-refractivity contribution in [2.45, 2.75) is 45.7 Å². The summed E-state index contributed by atoms with van der Waals surface area (Å²) in [5.74, 6) is -0.572. The van der Waals surface area contributed by atoms with Crippen LogP contribution in [-0.4, -0.2) is 36.0 Å². The highest BCUT2D eigenvalue weighted by Gasteiger charge is 2.31. The van der Waals surface area contributed by atoms with E-state index in [-0.39, 0.29) is 23.3 Å². The Morgan fingerprint density at radius 1 is 1.40 bits per heavy atom. The molecule has 0 spiro atoms. The summed E-state index contributed by atoms with van der Waals surface area (Å²) in [6.07, 6.45) is 1.85. The molecule has 3 nitrogen and oxygen atoms in total. The predicted molar refractivity (Wildman–Crippen MR) is 78.3 cm³/mol. The lowest BCUT2D eigenvalue weighted by Gasteiger charge is -2.40. The van der Waals surface area contributed by atoms with Crippen molar-refractivity contribution in [1.82, 2.24) is 10.2 Å². The summed E-state index contributed by atoms with van der Waals surface area (Å²) in [7, 11) is 0. The molecule has 0 aromatic heterocycles. The van der Waals surface area contributed by atoms with Gasteiger partial charge in [-0.15, -0.1) is 0 Å². The van der Waals surface area contributed by atoms with Gasteiger partial charge in [-0.2, -0.15) is 0 Å². The van der Waals surface area contributed by atoms with Crippen LogP contribution in [-0.2, 0) is 0 Å². The summed E-state index contributed by atoms with van der Waals surface area (Å²) in [4.78, 5) is 14.5. The lowest BCUT2D eigenvalue weighted by molar-refractivity contribution is 0.0571. The Balaban J connectivity index is 2.27. The maximum absolute atomic E-state index is 14.2. The van der Waals surface area contributed by atoms with Gasteiger partial charge in [-0.1, -0.05) is 26.0 Å². The van der Waals surface area contributed by atoms with Gasteiger partial charge < -0.3 is 10.2 Å². The van der Waals surface area contributed by atoms with E-state index in [4.69, 9.17) is 0 Å². The molecule has 1 fully saturated rings. The number of hydrogen-bond donors (Lipinski definition) is 1. The monoisotopic (exact) mass is 278 g/mol. The van der Waals surface area contributed by atoms with Gasteiger partial charge in [-0.25, -0.2) is 4.39 Å². The molecule has 0 bridgehead atoms. The third kappa shape index (κ3) is 2.85. The lowest BCUT2D eigenvalue weighted by atomic mass is 10.0. The van der Waals surface area contributed by atoms with E-state index in [0.717, 1.165) is 19.4 Å². The van der Waals surface area contributed by atoms with Crippen LogP contribution in [0.15, 0.2) is 18.2 Å². The Morgan fingerprint density at radius 3 is 2.80 bits per heavy atom. The van der Waals surface area contributed by atoms with E-state index >= 15 is 0 Å². The summed E-state index contributed by atoms with van der Waals surface area (Å²) in [5, 5.41) is 3.44. The topological polar surface area (TPSA) is 32.3 Å². The Bertz CT molecular complexity index is 489. The van der Waals surface area contributed by atoms with Gasteiger partial charge >= 0.3 is 0 Å². The molecule has 1 amide bonds. The summed E-state index contributed by atoms with van der Waals surface area (Å²) < 4.78 is 14.2. The number of rotatable bonds is 3. The van der Waals surface area contributed by atoms with Crippen LogP contribution in [0.2, 0.25) is 0 Å². The standard InChI is InChI=1S/C16H23FN2O/c1-4-12-10-19(13(5-2)9-18-12)16(20)14-8-6-7-11(3)15(14)17/h6-8,12-13,18H,4-5,9-10H2,1-3H3. The van der Waals surface area contributed by atoms with Gasteiger partial charge in [0.1, 0.15) is 5.82 Å². The van der Waals surface area contributed by atoms with Crippen LogP contribution >= 0.6 is 0 Å². The first-order valence-corrected chi connectivity index (χ1v) is 7.37. The second-order valence-electron chi connectivity index (χ2n) is 5.47. The van der Waals surface area contributed by atoms with Crippen molar-refractivity contribution in [2.75, 3.05) is 13.1 Å². The van der Waals surface area contributed by atoms with Crippen molar-refractivity contribution >= 4 is 5.91 Å². The number of benzene rings is 1. The zero-order valence-electron chi connectivity index (χ0n) is 12.4. The van der Waals surface area contributed by atoms with E-state index in [1.165, 1.54) is 0 Å². The van der Waals surface area contributed by atoms with Gasteiger partial charge in [0.05, 0.1) is 5.56 Å². The molecule has 4 heteroatoms. The van der Waals surface area contributed by atoms with E-state index in [2.05, 4.69) is 19.2 Å². The molecule has 1 aliphatic heterocycles.